The van der Waals surface area contributed by atoms with Crippen LogP contribution in [0.1, 0.15) is 22.6 Å². The Kier molecular flexibility index (Phi) is 6.19. The molecule has 6 heteroatoms. The second kappa shape index (κ2) is 8.77. The summed E-state index contributed by atoms with van der Waals surface area (Å²) < 4.78 is 18.1. The lowest BCUT2D eigenvalue weighted by Crippen LogP contribution is -2.28. The van der Waals surface area contributed by atoms with Gasteiger partial charge in [-0.2, -0.15) is 0 Å². The van der Waals surface area contributed by atoms with Gasteiger partial charge in [0.15, 0.2) is 0 Å². The molecular formula is C21H22N2O3S. The summed E-state index contributed by atoms with van der Waals surface area (Å²) in [5.41, 5.74) is 3.61. The minimum absolute atomic E-state index is 0.0567. The summed E-state index contributed by atoms with van der Waals surface area (Å²) in [5, 5.41) is 2.79. The molecule has 0 radical (unpaired) electrons. The van der Waals surface area contributed by atoms with Gasteiger partial charge in [0.1, 0.15) is 11.5 Å². The van der Waals surface area contributed by atoms with E-state index in [9.17, 15) is 9.00 Å². The molecule has 3 aromatic rings. The van der Waals surface area contributed by atoms with Gasteiger partial charge in [0, 0.05) is 22.9 Å². The molecule has 140 valence electrons. The van der Waals surface area contributed by atoms with Crippen LogP contribution in [0.15, 0.2) is 59.0 Å². The third kappa shape index (κ3) is 5.14. The summed E-state index contributed by atoms with van der Waals surface area (Å²) in [7, 11) is -1.35. The van der Waals surface area contributed by atoms with E-state index in [1.54, 1.807) is 6.92 Å². The van der Waals surface area contributed by atoms with Gasteiger partial charge in [-0.25, -0.2) is 4.98 Å². The Morgan fingerprint density at radius 2 is 1.78 bits per heavy atom. The van der Waals surface area contributed by atoms with Crippen LogP contribution in [0.3, 0.4) is 0 Å². The second-order valence-corrected chi connectivity index (χ2v) is 7.78. The molecule has 1 amide bonds. The Bertz CT molecular complexity index is 951. The monoisotopic (exact) mass is 382 g/mol. The Labute approximate surface area is 161 Å². The molecule has 0 aliphatic carbocycles. The molecule has 0 saturated heterocycles. The van der Waals surface area contributed by atoms with Crippen molar-refractivity contribution in [2.75, 3.05) is 5.75 Å². The summed E-state index contributed by atoms with van der Waals surface area (Å²) in [4.78, 5) is 16.5. The van der Waals surface area contributed by atoms with Gasteiger partial charge in [-0.1, -0.05) is 48.5 Å². The van der Waals surface area contributed by atoms with Gasteiger partial charge < -0.3 is 9.73 Å². The fraction of sp³-hybridized carbons (Fsp3) is 0.238. The van der Waals surface area contributed by atoms with Crippen molar-refractivity contribution in [1.29, 1.82) is 0 Å². The zero-order chi connectivity index (χ0) is 19.2. The number of benzene rings is 2. The van der Waals surface area contributed by atoms with Crippen LogP contribution in [-0.2, 0) is 27.9 Å². The zero-order valence-electron chi connectivity index (χ0n) is 15.4. The van der Waals surface area contributed by atoms with Crippen LogP contribution >= 0.6 is 0 Å². The Morgan fingerprint density at radius 1 is 1.07 bits per heavy atom. The number of nitrogens with one attached hydrogen (secondary N) is 1. The molecule has 1 heterocycles. The van der Waals surface area contributed by atoms with Crippen molar-refractivity contribution in [2.45, 2.75) is 26.1 Å². The molecule has 0 bridgehead atoms. The fourth-order valence-electron chi connectivity index (χ4n) is 2.69. The molecule has 0 aliphatic rings. The summed E-state index contributed by atoms with van der Waals surface area (Å²) >= 11 is 0. The smallest absolute Gasteiger partial charge is 0.232 e. The zero-order valence-corrected chi connectivity index (χ0v) is 16.2. The number of hydrogen-bond donors (Lipinski definition) is 1. The SMILES string of the molecule is Cc1ccccc1-c1nc(C[S@@](=O)CC(=O)NCc2ccccc2)c(C)o1. The molecule has 1 aromatic heterocycles. The minimum atomic E-state index is -1.35. The molecule has 0 unspecified atom stereocenters. The number of hydrogen-bond acceptors (Lipinski definition) is 4. The van der Waals surface area contributed by atoms with Gasteiger partial charge in [-0.05, 0) is 31.0 Å². The first-order valence-electron chi connectivity index (χ1n) is 8.71. The first kappa shape index (κ1) is 19.0. The lowest BCUT2D eigenvalue weighted by Gasteiger charge is -2.05. The number of aromatic nitrogens is 1. The Hall–Kier alpha value is -2.73. The highest BCUT2D eigenvalue weighted by Crippen LogP contribution is 2.25. The third-order valence-electron chi connectivity index (χ3n) is 4.19. The molecule has 27 heavy (non-hydrogen) atoms. The lowest BCUT2D eigenvalue weighted by atomic mass is 10.1. The maximum atomic E-state index is 12.4. The largest absolute Gasteiger partial charge is 0.441 e. The van der Waals surface area contributed by atoms with E-state index in [-0.39, 0.29) is 17.4 Å². The normalized spacial score (nSPS) is 11.9. The van der Waals surface area contributed by atoms with Crippen LogP contribution < -0.4 is 5.32 Å². The minimum Gasteiger partial charge on any atom is -0.441 e. The third-order valence-corrected chi connectivity index (χ3v) is 5.37. The first-order valence-corrected chi connectivity index (χ1v) is 10.2. The van der Waals surface area contributed by atoms with Gasteiger partial charge >= 0.3 is 0 Å². The van der Waals surface area contributed by atoms with Gasteiger partial charge in [0.05, 0.1) is 11.4 Å². The molecule has 0 saturated carbocycles. The predicted molar refractivity (Wildman–Crippen MR) is 106 cm³/mol. The fourth-order valence-corrected chi connectivity index (χ4v) is 3.76. The standard InChI is InChI=1S/C21H22N2O3S/c1-15-8-6-7-11-18(15)21-23-19(16(2)26-21)13-27(25)14-20(24)22-12-17-9-4-3-5-10-17/h3-11H,12-14H2,1-2H3,(H,22,24)/t27-/m1/s1. The van der Waals surface area contributed by atoms with Crippen LogP contribution in [0.5, 0.6) is 0 Å². The molecule has 1 atom stereocenters. The quantitative estimate of drug-likeness (QED) is 0.679. The summed E-state index contributed by atoms with van der Waals surface area (Å²) in [6, 6.07) is 17.4. The highest BCUT2D eigenvalue weighted by atomic mass is 32.2. The second-order valence-electron chi connectivity index (χ2n) is 6.33. The summed E-state index contributed by atoms with van der Waals surface area (Å²) in [6.45, 7) is 4.22. The van der Waals surface area contributed by atoms with Crippen LogP contribution in [0.25, 0.3) is 11.5 Å². The molecule has 0 spiro atoms. The molecule has 5 nitrogen and oxygen atoms in total. The molecule has 0 aliphatic heterocycles. The topological polar surface area (TPSA) is 72.2 Å². The lowest BCUT2D eigenvalue weighted by molar-refractivity contribution is -0.118. The maximum Gasteiger partial charge on any atom is 0.232 e. The molecule has 1 N–H and O–H groups in total. The van der Waals surface area contributed by atoms with E-state index in [4.69, 9.17) is 4.42 Å². The Balaban J connectivity index is 1.58. The van der Waals surface area contributed by atoms with E-state index in [2.05, 4.69) is 10.3 Å². The first-order chi connectivity index (χ1) is 13.0. The van der Waals surface area contributed by atoms with Crippen molar-refractivity contribution in [3.63, 3.8) is 0 Å². The number of aryl methyl sites for hydroxylation is 2. The van der Waals surface area contributed by atoms with Crippen molar-refractivity contribution >= 4 is 16.7 Å². The molecular weight excluding hydrogens is 360 g/mol. The van der Waals surface area contributed by atoms with Gasteiger partial charge in [-0.15, -0.1) is 0 Å². The van der Waals surface area contributed by atoms with Crippen LogP contribution in [0.4, 0.5) is 0 Å². The number of carbonyl (C=O) groups excluding carboxylic acids is 1. The number of amides is 1. The van der Waals surface area contributed by atoms with Crippen molar-refractivity contribution in [1.82, 2.24) is 10.3 Å². The van der Waals surface area contributed by atoms with E-state index in [0.717, 1.165) is 16.7 Å². The van der Waals surface area contributed by atoms with E-state index in [0.29, 0.717) is 23.9 Å². The van der Waals surface area contributed by atoms with E-state index in [1.807, 2.05) is 61.5 Å². The van der Waals surface area contributed by atoms with Crippen LogP contribution in [-0.4, -0.2) is 20.9 Å². The average Bonchev–Trinajstić information content (AvgIpc) is 3.01. The molecule has 3 rings (SSSR count). The number of carbonyl (C=O) groups is 1. The average molecular weight is 382 g/mol. The summed E-state index contributed by atoms with van der Waals surface area (Å²) in [5.74, 6) is 1.05. The Morgan fingerprint density at radius 3 is 2.52 bits per heavy atom. The predicted octanol–water partition coefficient (Wildman–Crippen LogP) is 3.52. The van der Waals surface area contributed by atoms with Gasteiger partial charge in [0.2, 0.25) is 11.8 Å². The van der Waals surface area contributed by atoms with E-state index in [1.165, 1.54) is 0 Å². The van der Waals surface area contributed by atoms with Crippen molar-refractivity contribution in [3.05, 3.63) is 77.2 Å². The van der Waals surface area contributed by atoms with Gasteiger partial charge in [0.25, 0.3) is 0 Å². The summed E-state index contributed by atoms with van der Waals surface area (Å²) in [6.07, 6.45) is 0. The number of oxazole rings is 1. The highest BCUT2D eigenvalue weighted by molar-refractivity contribution is 7.84. The molecule has 2 aromatic carbocycles. The molecule has 0 fully saturated rings. The van der Waals surface area contributed by atoms with Gasteiger partial charge in [-0.3, -0.25) is 9.00 Å². The highest BCUT2D eigenvalue weighted by Gasteiger charge is 2.16. The maximum absolute atomic E-state index is 12.4. The van der Waals surface area contributed by atoms with E-state index < -0.39 is 10.8 Å². The van der Waals surface area contributed by atoms with Crippen LogP contribution in [0.2, 0.25) is 0 Å². The van der Waals surface area contributed by atoms with E-state index >= 15 is 0 Å². The van der Waals surface area contributed by atoms with Crippen molar-refractivity contribution in [2.24, 2.45) is 0 Å². The van der Waals surface area contributed by atoms with Crippen molar-refractivity contribution in [3.8, 4) is 11.5 Å². The number of nitrogens with zero attached hydrogens (tertiary/aromatic N) is 1. The van der Waals surface area contributed by atoms with Crippen molar-refractivity contribution < 1.29 is 13.4 Å². The van der Waals surface area contributed by atoms with Crippen LogP contribution in [0, 0.1) is 13.8 Å². The number of rotatable bonds is 7.